The molecule has 0 saturated heterocycles. The first kappa shape index (κ1) is 16.0. The zero-order chi connectivity index (χ0) is 18.2. The normalized spacial score (nSPS) is 15.4. The van der Waals surface area contributed by atoms with Gasteiger partial charge in [-0.25, -0.2) is 9.97 Å². The van der Waals surface area contributed by atoms with E-state index in [-0.39, 0.29) is 5.91 Å². The van der Waals surface area contributed by atoms with Crippen LogP contribution in [0.25, 0.3) is 0 Å². The van der Waals surface area contributed by atoms with E-state index in [1.807, 2.05) is 35.2 Å². The highest BCUT2D eigenvalue weighted by atomic mass is 16.2. The summed E-state index contributed by atoms with van der Waals surface area (Å²) >= 11 is 0. The molecule has 3 aromatic rings. The standard InChI is InChI=1S/C22H20N4O/c27-22(26-12-5-8-16-6-1-4-10-20(16)26)18-14-21(24-15-23-18)25-13-11-17-7-2-3-9-19(17)25/h1-4,6-7,9-10,14-15H,5,8,11-13H2. The van der Waals surface area contributed by atoms with Gasteiger partial charge in [-0.15, -0.1) is 0 Å². The van der Waals surface area contributed by atoms with Crippen LogP contribution in [0.15, 0.2) is 60.9 Å². The van der Waals surface area contributed by atoms with Crippen LogP contribution in [0.4, 0.5) is 17.2 Å². The van der Waals surface area contributed by atoms with Gasteiger partial charge in [0.15, 0.2) is 0 Å². The third kappa shape index (κ3) is 2.76. The Hall–Kier alpha value is -3.21. The van der Waals surface area contributed by atoms with Gasteiger partial charge in [-0.2, -0.15) is 0 Å². The minimum absolute atomic E-state index is 0.0571. The van der Waals surface area contributed by atoms with Crippen LogP contribution in [0.5, 0.6) is 0 Å². The Bertz CT molecular complexity index is 1020. The first-order chi connectivity index (χ1) is 13.3. The average molecular weight is 356 g/mol. The number of nitrogens with zero attached hydrogens (tertiary/aromatic N) is 4. The number of hydrogen-bond donors (Lipinski definition) is 0. The number of aromatic nitrogens is 2. The summed E-state index contributed by atoms with van der Waals surface area (Å²) in [7, 11) is 0. The first-order valence-corrected chi connectivity index (χ1v) is 9.38. The lowest BCUT2D eigenvalue weighted by Gasteiger charge is -2.29. The van der Waals surface area contributed by atoms with Crippen LogP contribution < -0.4 is 9.80 Å². The molecule has 2 aromatic carbocycles. The number of hydrogen-bond acceptors (Lipinski definition) is 4. The fourth-order valence-electron chi connectivity index (χ4n) is 4.07. The molecule has 27 heavy (non-hydrogen) atoms. The maximum atomic E-state index is 13.2. The number of para-hydroxylation sites is 2. The van der Waals surface area contributed by atoms with Crippen LogP contribution >= 0.6 is 0 Å². The Balaban J connectivity index is 1.48. The Kier molecular flexibility index (Phi) is 3.85. The summed E-state index contributed by atoms with van der Waals surface area (Å²) in [5, 5.41) is 0. The Morgan fingerprint density at radius 3 is 2.44 bits per heavy atom. The maximum Gasteiger partial charge on any atom is 0.277 e. The summed E-state index contributed by atoms with van der Waals surface area (Å²) < 4.78 is 0. The molecule has 1 aromatic heterocycles. The van der Waals surface area contributed by atoms with E-state index in [0.29, 0.717) is 5.69 Å². The van der Waals surface area contributed by atoms with Crippen molar-refractivity contribution >= 4 is 23.1 Å². The third-order valence-electron chi connectivity index (χ3n) is 5.39. The summed E-state index contributed by atoms with van der Waals surface area (Å²) in [5.41, 5.74) is 5.15. The molecule has 134 valence electrons. The Morgan fingerprint density at radius 2 is 1.59 bits per heavy atom. The monoisotopic (exact) mass is 356 g/mol. The lowest BCUT2D eigenvalue weighted by molar-refractivity contribution is 0.0980. The fraction of sp³-hybridized carbons (Fsp3) is 0.227. The number of carbonyl (C=O) groups excluding carboxylic acids is 1. The molecule has 5 heteroatoms. The molecule has 0 saturated carbocycles. The molecule has 0 radical (unpaired) electrons. The van der Waals surface area contributed by atoms with Gasteiger partial charge in [-0.3, -0.25) is 4.79 Å². The lowest BCUT2D eigenvalue weighted by atomic mass is 10.0. The first-order valence-electron chi connectivity index (χ1n) is 9.38. The van der Waals surface area contributed by atoms with Gasteiger partial charge in [0.05, 0.1) is 0 Å². The van der Waals surface area contributed by atoms with Crippen molar-refractivity contribution in [2.24, 2.45) is 0 Å². The number of rotatable bonds is 2. The van der Waals surface area contributed by atoms with Crippen LogP contribution in [0, 0.1) is 0 Å². The van der Waals surface area contributed by atoms with Crippen molar-refractivity contribution in [2.45, 2.75) is 19.3 Å². The highest BCUT2D eigenvalue weighted by molar-refractivity contribution is 6.05. The van der Waals surface area contributed by atoms with Crippen molar-refractivity contribution in [1.82, 2.24) is 9.97 Å². The number of carbonyl (C=O) groups is 1. The van der Waals surface area contributed by atoms with Crippen LogP contribution in [0.2, 0.25) is 0 Å². The SMILES string of the molecule is O=C(c1cc(N2CCc3ccccc32)ncn1)N1CCCc2ccccc21. The van der Waals surface area contributed by atoms with Crippen molar-refractivity contribution in [3.8, 4) is 0 Å². The van der Waals surface area contributed by atoms with E-state index < -0.39 is 0 Å². The summed E-state index contributed by atoms with van der Waals surface area (Å²) in [6, 6.07) is 18.3. The zero-order valence-electron chi connectivity index (χ0n) is 15.0. The van der Waals surface area contributed by atoms with Gasteiger partial charge in [0.1, 0.15) is 17.8 Å². The van der Waals surface area contributed by atoms with E-state index in [0.717, 1.165) is 49.5 Å². The van der Waals surface area contributed by atoms with Crippen LogP contribution in [-0.4, -0.2) is 29.0 Å². The Labute approximate surface area is 158 Å². The van der Waals surface area contributed by atoms with Gasteiger partial charge in [0.25, 0.3) is 5.91 Å². The second-order valence-electron chi connectivity index (χ2n) is 6.98. The summed E-state index contributed by atoms with van der Waals surface area (Å²) in [6.07, 6.45) is 4.47. The van der Waals surface area contributed by atoms with Crippen molar-refractivity contribution in [3.63, 3.8) is 0 Å². The molecule has 3 heterocycles. The topological polar surface area (TPSA) is 49.3 Å². The van der Waals surface area contributed by atoms with E-state index in [4.69, 9.17) is 0 Å². The van der Waals surface area contributed by atoms with E-state index in [9.17, 15) is 4.79 Å². The molecule has 0 spiro atoms. The molecule has 1 amide bonds. The number of amides is 1. The van der Waals surface area contributed by atoms with Crippen molar-refractivity contribution in [1.29, 1.82) is 0 Å². The largest absolute Gasteiger partial charge is 0.326 e. The number of aryl methyl sites for hydroxylation is 1. The molecule has 0 aliphatic carbocycles. The van der Waals surface area contributed by atoms with E-state index in [1.165, 1.54) is 17.5 Å². The lowest BCUT2D eigenvalue weighted by Crippen LogP contribution is -2.36. The van der Waals surface area contributed by atoms with Gasteiger partial charge < -0.3 is 9.80 Å². The molecule has 5 rings (SSSR count). The van der Waals surface area contributed by atoms with Crippen LogP contribution in [0.3, 0.4) is 0 Å². The van der Waals surface area contributed by atoms with Crippen LogP contribution in [0.1, 0.15) is 28.0 Å². The molecule has 5 nitrogen and oxygen atoms in total. The molecular formula is C22H20N4O. The summed E-state index contributed by atoms with van der Waals surface area (Å²) in [5.74, 6) is 0.724. The molecule has 2 aliphatic rings. The highest BCUT2D eigenvalue weighted by Gasteiger charge is 2.26. The van der Waals surface area contributed by atoms with Crippen LogP contribution in [-0.2, 0) is 12.8 Å². The third-order valence-corrected chi connectivity index (χ3v) is 5.39. The van der Waals surface area contributed by atoms with Gasteiger partial charge in [-0.05, 0) is 42.5 Å². The molecule has 2 aliphatic heterocycles. The number of fused-ring (bicyclic) bond motifs is 2. The molecule has 0 atom stereocenters. The van der Waals surface area contributed by atoms with Gasteiger partial charge in [0.2, 0.25) is 0 Å². The number of benzene rings is 2. The molecule has 0 unspecified atom stereocenters. The quantitative estimate of drug-likeness (QED) is 0.701. The van der Waals surface area contributed by atoms with E-state index in [2.05, 4.69) is 39.1 Å². The average Bonchev–Trinajstić information content (AvgIpc) is 3.17. The molecule has 0 bridgehead atoms. The second-order valence-corrected chi connectivity index (χ2v) is 6.98. The van der Waals surface area contributed by atoms with E-state index in [1.54, 1.807) is 0 Å². The number of anilines is 3. The Morgan fingerprint density at radius 1 is 0.852 bits per heavy atom. The minimum Gasteiger partial charge on any atom is -0.326 e. The van der Waals surface area contributed by atoms with Crippen molar-refractivity contribution in [3.05, 3.63) is 77.7 Å². The predicted octanol–water partition coefficient (Wildman–Crippen LogP) is 3.76. The van der Waals surface area contributed by atoms with Gasteiger partial charge >= 0.3 is 0 Å². The fourth-order valence-corrected chi connectivity index (χ4v) is 4.07. The molecule has 0 fully saturated rings. The molecular weight excluding hydrogens is 336 g/mol. The second kappa shape index (κ2) is 6.50. The van der Waals surface area contributed by atoms with Crippen molar-refractivity contribution in [2.75, 3.05) is 22.9 Å². The predicted molar refractivity (Wildman–Crippen MR) is 106 cm³/mol. The summed E-state index contributed by atoms with van der Waals surface area (Å²) in [4.78, 5) is 25.9. The van der Waals surface area contributed by atoms with Gasteiger partial charge in [-0.1, -0.05) is 36.4 Å². The zero-order valence-corrected chi connectivity index (χ0v) is 15.0. The minimum atomic E-state index is -0.0571. The smallest absolute Gasteiger partial charge is 0.277 e. The van der Waals surface area contributed by atoms with E-state index >= 15 is 0 Å². The maximum absolute atomic E-state index is 13.2. The van der Waals surface area contributed by atoms with Gasteiger partial charge in [0, 0.05) is 30.5 Å². The highest BCUT2D eigenvalue weighted by Crippen LogP contribution is 2.33. The van der Waals surface area contributed by atoms with Crippen molar-refractivity contribution < 1.29 is 4.79 Å². The molecule has 0 N–H and O–H groups in total. The summed E-state index contributed by atoms with van der Waals surface area (Å²) in [6.45, 7) is 1.60.